The summed E-state index contributed by atoms with van der Waals surface area (Å²) in [5.41, 5.74) is 8.43. The van der Waals surface area contributed by atoms with Crippen LogP contribution in [0.15, 0.2) is 18.2 Å². The van der Waals surface area contributed by atoms with E-state index in [0.717, 1.165) is 24.7 Å². The lowest BCUT2D eigenvalue weighted by molar-refractivity contribution is 0.199. The highest BCUT2D eigenvalue weighted by molar-refractivity contribution is 5.62. The molecule has 1 aliphatic rings. The van der Waals surface area contributed by atoms with E-state index in [2.05, 4.69) is 31.7 Å². The van der Waals surface area contributed by atoms with Crippen molar-refractivity contribution in [2.24, 2.45) is 11.3 Å². The van der Waals surface area contributed by atoms with Gasteiger partial charge in [-0.25, -0.2) is 0 Å². The van der Waals surface area contributed by atoms with Crippen molar-refractivity contribution in [2.75, 3.05) is 23.7 Å². The number of hydrogen-bond acceptors (Lipinski definition) is 3. The van der Waals surface area contributed by atoms with Gasteiger partial charge in [0.15, 0.2) is 0 Å². The van der Waals surface area contributed by atoms with Crippen LogP contribution in [-0.4, -0.2) is 13.1 Å². The number of nitriles is 1. The maximum atomic E-state index is 9.04. The van der Waals surface area contributed by atoms with Crippen molar-refractivity contribution >= 4 is 11.4 Å². The van der Waals surface area contributed by atoms with Crippen molar-refractivity contribution in [1.29, 1.82) is 5.26 Å². The molecule has 0 aromatic heterocycles. The molecule has 1 saturated heterocycles. The van der Waals surface area contributed by atoms with E-state index in [0.29, 0.717) is 16.7 Å². The molecule has 19 heavy (non-hydrogen) atoms. The van der Waals surface area contributed by atoms with Gasteiger partial charge in [0.05, 0.1) is 5.56 Å². The largest absolute Gasteiger partial charge is 0.398 e. The number of nitrogens with zero attached hydrogens (tertiary/aromatic N) is 2. The minimum atomic E-state index is 0.394. The standard InChI is InChI=1S/C16H23N3/c1-16(2,3)13-6-8-19(9-7-13)14-4-5-15(18)12(10-14)11-17/h4-5,10,13H,6-9,18H2,1-3H3. The van der Waals surface area contributed by atoms with Gasteiger partial charge in [0.1, 0.15) is 6.07 Å². The second kappa shape index (κ2) is 5.13. The molecular formula is C16H23N3. The first-order valence-corrected chi connectivity index (χ1v) is 6.96. The van der Waals surface area contributed by atoms with Crippen LogP contribution in [-0.2, 0) is 0 Å². The van der Waals surface area contributed by atoms with Gasteiger partial charge in [0.2, 0.25) is 0 Å². The monoisotopic (exact) mass is 257 g/mol. The Morgan fingerprint density at radius 2 is 1.89 bits per heavy atom. The van der Waals surface area contributed by atoms with Gasteiger partial charge in [-0.1, -0.05) is 20.8 Å². The molecule has 0 bridgehead atoms. The van der Waals surface area contributed by atoms with Gasteiger partial charge in [-0.2, -0.15) is 5.26 Å². The number of nitrogen functional groups attached to an aromatic ring is 1. The maximum absolute atomic E-state index is 9.04. The summed E-state index contributed by atoms with van der Waals surface area (Å²) in [6.45, 7) is 9.10. The predicted molar refractivity (Wildman–Crippen MR) is 80.0 cm³/mol. The predicted octanol–water partition coefficient (Wildman–Crippen LogP) is 3.40. The van der Waals surface area contributed by atoms with Gasteiger partial charge in [-0.3, -0.25) is 0 Å². The molecule has 3 nitrogen and oxygen atoms in total. The summed E-state index contributed by atoms with van der Waals surface area (Å²) >= 11 is 0. The maximum Gasteiger partial charge on any atom is 0.101 e. The second-order valence-electron chi connectivity index (χ2n) is 6.51. The quantitative estimate of drug-likeness (QED) is 0.784. The van der Waals surface area contributed by atoms with E-state index >= 15 is 0 Å². The smallest absolute Gasteiger partial charge is 0.101 e. The van der Waals surface area contributed by atoms with E-state index < -0.39 is 0 Å². The van der Waals surface area contributed by atoms with Crippen molar-refractivity contribution in [3.63, 3.8) is 0 Å². The molecule has 1 aromatic rings. The van der Waals surface area contributed by atoms with Crippen LogP contribution in [0.3, 0.4) is 0 Å². The van der Waals surface area contributed by atoms with E-state index in [4.69, 9.17) is 11.0 Å². The number of hydrogen-bond donors (Lipinski definition) is 1. The van der Waals surface area contributed by atoms with Crippen molar-refractivity contribution in [3.05, 3.63) is 23.8 Å². The summed E-state index contributed by atoms with van der Waals surface area (Å²) in [6, 6.07) is 7.92. The summed E-state index contributed by atoms with van der Waals surface area (Å²) in [7, 11) is 0. The SMILES string of the molecule is CC(C)(C)C1CCN(c2ccc(N)c(C#N)c2)CC1. The minimum absolute atomic E-state index is 0.394. The van der Waals surface area contributed by atoms with E-state index in [1.54, 1.807) is 0 Å². The van der Waals surface area contributed by atoms with Crippen LogP contribution >= 0.6 is 0 Å². The molecule has 102 valence electrons. The summed E-state index contributed by atoms with van der Waals surface area (Å²) < 4.78 is 0. The minimum Gasteiger partial charge on any atom is -0.398 e. The summed E-state index contributed by atoms with van der Waals surface area (Å²) in [4.78, 5) is 2.36. The van der Waals surface area contributed by atoms with Gasteiger partial charge in [-0.05, 0) is 42.4 Å². The highest BCUT2D eigenvalue weighted by atomic mass is 15.1. The highest BCUT2D eigenvalue weighted by Gasteiger charge is 2.28. The van der Waals surface area contributed by atoms with Crippen LogP contribution in [0.2, 0.25) is 0 Å². The molecule has 3 heteroatoms. The Kier molecular flexibility index (Phi) is 3.71. The molecule has 0 spiro atoms. The Hall–Kier alpha value is -1.69. The average molecular weight is 257 g/mol. The van der Waals surface area contributed by atoms with Crippen molar-refractivity contribution in [2.45, 2.75) is 33.6 Å². The number of rotatable bonds is 1. The fourth-order valence-electron chi connectivity index (χ4n) is 2.84. The van der Waals surface area contributed by atoms with Gasteiger partial charge in [-0.15, -0.1) is 0 Å². The van der Waals surface area contributed by atoms with Crippen LogP contribution in [0.1, 0.15) is 39.2 Å². The number of anilines is 2. The molecular weight excluding hydrogens is 234 g/mol. The fraction of sp³-hybridized carbons (Fsp3) is 0.562. The lowest BCUT2D eigenvalue weighted by Crippen LogP contribution is -2.38. The molecule has 0 atom stereocenters. The van der Waals surface area contributed by atoms with Crippen molar-refractivity contribution < 1.29 is 0 Å². The number of piperidine rings is 1. The third-order valence-electron chi connectivity index (χ3n) is 4.24. The number of benzene rings is 1. The first-order valence-electron chi connectivity index (χ1n) is 6.96. The summed E-state index contributed by atoms with van der Waals surface area (Å²) in [5, 5.41) is 9.04. The Labute approximate surface area is 116 Å². The first-order chi connectivity index (χ1) is 8.91. The molecule has 0 saturated carbocycles. The van der Waals surface area contributed by atoms with Crippen LogP contribution < -0.4 is 10.6 Å². The Morgan fingerprint density at radius 1 is 1.26 bits per heavy atom. The molecule has 1 aliphatic heterocycles. The molecule has 1 fully saturated rings. The molecule has 0 unspecified atom stereocenters. The topological polar surface area (TPSA) is 53.0 Å². The van der Waals surface area contributed by atoms with Crippen LogP contribution in [0.5, 0.6) is 0 Å². The van der Waals surface area contributed by atoms with Gasteiger partial charge >= 0.3 is 0 Å². The Balaban J connectivity index is 2.08. The third kappa shape index (κ3) is 3.01. The number of nitrogens with two attached hydrogens (primary N) is 1. The van der Waals surface area contributed by atoms with E-state index in [1.807, 2.05) is 18.2 Å². The van der Waals surface area contributed by atoms with Crippen LogP contribution in [0.25, 0.3) is 0 Å². The van der Waals surface area contributed by atoms with Crippen molar-refractivity contribution in [3.8, 4) is 6.07 Å². The molecule has 0 amide bonds. The van der Waals surface area contributed by atoms with Crippen LogP contribution in [0.4, 0.5) is 11.4 Å². The average Bonchev–Trinajstić information content (AvgIpc) is 2.38. The molecule has 2 N–H and O–H groups in total. The zero-order chi connectivity index (χ0) is 14.0. The summed E-state index contributed by atoms with van der Waals surface area (Å²) in [6.07, 6.45) is 2.44. The normalized spacial score (nSPS) is 17.3. The van der Waals surface area contributed by atoms with E-state index in [1.165, 1.54) is 12.8 Å². The van der Waals surface area contributed by atoms with Crippen LogP contribution in [0, 0.1) is 22.7 Å². The fourth-order valence-corrected chi connectivity index (χ4v) is 2.84. The molecule has 2 rings (SSSR count). The Morgan fingerprint density at radius 3 is 2.42 bits per heavy atom. The Bertz CT molecular complexity index is 486. The molecule has 0 radical (unpaired) electrons. The lowest BCUT2D eigenvalue weighted by Gasteiger charge is -2.39. The highest BCUT2D eigenvalue weighted by Crippen LogP contribution is 2.35. The summed E-state index contributed by atoms with van der Waals surface area (Å²) in [5.74, 6) is 0.785. The second-order valence-corrected chi connectivity index (χ2v) is 6.51. The van der Waals surface area contributed by atoms with E-state index in [9.17, 15) is 0 Å². The molecule has 1 heterocycles. The third-order valence-corrected chi connectivity index (χ3v) is 4.24. The van der Waals surface area contributed by atoms with Gasteiger partial charge in [0, 0.05) is 24.5 Å². The zero-order valence-electron chi connectivity index (χ0n) is 12.1. The van der Waals surface area contributed by atoms with Gasteiger partial charge < -0.3 is 10.6 Å². The van der Waals surface area contributed by atoms with Gasteiger partial charge in [0.25, 0.3) is 0 Å². The zero-order valence-corrected chi connectivity index (χ0v) is 12.1. The van der Waals surface area contributed by atoms with E-state index in [-0.39, 0.29) is 0 Å². The molecule has 1 aromatic carbocycles. The lowest BCUT2D eigenvalue weighted by atomic mass is 9.75. The first kappa shape index (κ1) is 13.7. The molecule has 0 aliphatic carbocycles. The van der Waals surface area contributed by atoms with Crippen molar-refractivity contribution in [1.82, 2.24) is 0 Å².